The van der Waals surface area contributed by atoms with Gasteiger partial charge in [-0.05, 0) is 31.0 Å². The quantitative estimate of drug-likeness (QED) is 0.740. The Morgan fingerprint density at radius 3 is 2.89 bits per heavy atom. The average Bonchev–Trinajstić information content (AvgIpc) is 2.84. The van der Waals surface area contributed by atoms with E-state index in [0.717, 1.165) is 22.9 Å². The highest BCUT2D eigenvalue weighted by Crippen LogP contribution is 2.27. The summed E-state index contributed by atoms with van der Waals surface area (Å²) in [4.78, 5) is 4.48. The van der Waals surface area contributed by atoms with Crippen molar-refractivity contribution in [2.24, 2.45) is 0 Å². The van der Waals surface area contributed by atoms with Crippen molar-refractivity contribution in [3.63, 3.8) is 0 Å². The van der Waals surface area contributed by atoms with Gasteiger partial charge in [0.25, 0.3) is 0 Å². The molecule has 2 aromatic rings. The van der Waals surface area contributed by atoms with Crippen LogP contribution in [0.2, 0.25) is 0 Å². The summed E-state index contributed by atoms with van der Waals surface area (Å²) < 4.78 is 5.99. The third kappa shape index (κ3) is 3.24. The van der Waals surface area contributed by atoms with Crippen LogP contribution in [0.5, 0.6) is 5.75 Å². The van der Waals surface area contributed by atoms with Crippen LogP contribution in [-0.4, -0.2) is 4.98 Å². The maximum Gasteiger partial charge on any atom is 0.150 e. The number of thiazole rings is 1. The number of alkyl halides is 1. The molecule has 18 heavy (non-hydrogen) atoms. The first kappa shape index (κ1) is 13.4. The first-order valence-electron chi connectivity index (χ1n) is 5.96. The van der Waals surface area contributed by atoms with Crippen LogP contribution in [0, 0.1) is 6.92 Å². The lowest BCUT2D eigenvalue weighted by Crippen LogP contribution is -2.06. The highest BCUT2D eigenvalue weighted by molar-refractivity contribution is 7.09. The summed E-state index contributed by atoms with van der Waals surface area (Å²) in [6.07, 6.45) is 0.900. The minimum atomic E-state index is 0.00812. The molecule has 0 aliphatic rings. The lowest BCUT2D eigenvalue weighted by Gasteiger charge is -2.15. The lowest BCUT2D eigenvalue weighted by atomic mass is 10.2. The Morgan fingerprint density at radius 2 is 2.28 bits per heavy atom. The molecule has 0 saturated carbocycles. The zero-order valence-corrected chi connectivity index (χ0v) is 12.1. The van der Waals surface area contributed by atoms with Crippen molar-refractivity contribution in [2.45, 2.75) is 32.3 Å². The van der Waals surface area contributed by atoms with E-state index >= 15 is 0 Å². The van der Waals surface area contributed by atoms with Crippen LogP contribution < -0.4 is 4.74 Å². The zero-order chi connectivity index (χ0) is 13.0. The molecule has 4 heteroatoms. The summed E-state index contributed by atoms with van der Waals surface area (Å²) in [7, 11) is 0. The van der Waals surface area contributed by atoms with E-state index in [9.17, 15) is 0 Å². The number of benzene rings is 1. The SMILES string of the molecule is CCC(Oc1cccc(C)c1)c1nc(CCl)cs1. The number of aryl methyl sites for hydroxylation is 1. The molecule has 1 aromatic carbocycles. The van der Waals surface area contributed by atoms with Gasteiger partial charge in [0.1, 0.15) is 16.9 Å². The maximum atomic E-state index is 5.99. The Hall–Kier alpha value is -1.06. The van der Waals surface area contributed by atoms with Gasteiger partial charge in [0.05, 0.1) is 11.6 Å². The van der Waals surface area contributed by atoms with Crippen LogP contribution in [0.4, 0.5) is 0 Å². The number of ether oxygens (including phenoxy) is 1. The number of rotatable bonds is 5. The van der Waals surface area contributed by atoms with Gasteiger partial charge in [-0.2, -0.15) is 0 Å². The van der Waals surface area contributed by atoms with Gasteiger partial charge < -0.3 is 4.74 Å². The second-order valence-electron chi connectivity index (χ2n) is 4.14. The van der Waals surface area contributed by atoms with E-state index in [4.69, 9.17) is 16.3 Å². The fourth-order valence-corrected chi connectivity index (χ4v) is 2.85. The molecule has 2 rings (SSSR count). The van der Waals surface area contributed by atoms with Crippen molar-refractivity contribution in [1.82, 2.24) is 4.98 Å². The van der Waals surface area contributed by atoms with Gasteiger partial charge in [-0.3, -0.25) is 0 Å². The van der Waals surface area contributed by atoms with Crippen LogP contribution in [0.1, 0.15) is 35.7 Å². The summed E-state index contributed by atoms with van der Waals surface area (Å²) in [5.74, 6) is 1.35. The molecule has 0 saturated heterocycles. The summed E-state index contributed by atoms with van der Waals surface area (Å²) >= 11 is 7.38. The molecule has 0 fully saturated rings. The van der Waals surface area contributed by atoms with E-state index in [0.29, 0.717) is 5.88 Å². The minimum Gasteiger partial charge on any atom is -0.483 e. The standard InChI is InChI=1S/C14H16ClNOS/c1-3-13(14-16-11(8-15)9-18-14)17-12-6-4-5-10(2)7-12/h4-7,9,13H,3,8H2,1-2H3. The normalized spacial score (nSPS) is 12.4. The van der Waals surface area contributed by atoms with Crippen molar-refractivity contribution < 1.29 is 4.74 Å². The Kier molecular flexibility index (Phi) is 4.61. The molecule has 0 aliphatic heterocycles. The van der Waals surface area contributed by atoms with E-state index in [-0.39, 0.29) is 6.10 Å². The highest BCUT2D eigenvalue weighted by atomic mass is 35.5. The average molecular weight is 282 g/mol. The fourth-order valence-electron chi connectivity index (χ4n) is 1.69. The summed E-state index contributed by atoms with van der Waals surface area (Å²) in [6.45, 7) is 4.16. The minimum absolute atomic E-state index is 0.00812. The second-order valence-corrected chi connectivity index (χ2v) is 5.30. The van der Waals surface area contributed by atoms with E-state index in [1.807, 2.05) is 23.6 Å². The zero-order valence-electron chi connectivity index (χ0n) is 10.5. The molecule has 2 nitrogen and oxygen atoms in total. The van der Waals surface area contributed by atoms with Crippen LogP contribution >= 0.6 is 22.9 Å². The molecule has 0 amide bonds. The molecule has 1 atom stereocenters. The number of hydrogen-bond acceptors (Lipinski definition) is 3. The van der Waals surface area contributed by atoms with Gasteiger partial charge in [-0.25, -0.2) is 4.98 Å². The van der Waals surface area contributed by atoms with E-state index in [1.54, 1.807) is 11.3 Å². The number of halogens is 1. The predicted octanol–water partition coefficient (Wildman–Crippen LogP) is 4.72. The topological polar surface area (TPSA) is 22.1 Å². The molecule has 96 valence electrons. The van der Waals surface area contributed by atoms with Gasteiger partial charge in [-0.1, -0.05) is 19.1 Å². The lowest BCUT2D eigenvalue weighted by molar-refractivity contribution is 0.200. The van der Waals surface area contributed by atoms with Gasteiger partial charge in [0, 0.05) is 5.38 Å². The van der Waals surface area contributed by atoms with Gasteiger partial charge in [-0.15, -0.1) is 22.9 Å². The molecule has 1 aromatic heterocycles. The fraction of sp³-hybridized carbons (Fsp3) is 0.357. The monoisotopic (exact) mass is 281 g/mol. The molecule has 0 aliphatic carbocycles. The van der Waals surface area contributed by atoms with Gasteiger partial charge >= 0.3 is 0 Å². The smallest absolute Gasteiger partial charge is 0.150 e. The summed E-state index contributed by atoms with van der Waals surface area (Å²) in [6, 6.07) is 8.08. The van der Waals surface area contributed by atoms with Crippen molar-refractivity contribution in [3.8, 4) is 5.75 Å². The molecule has 1 unspecified atom stereocenters. The summed E-state index contributed by atoms with van der Waals surface area (Å²) in [5, 5.41) is 2.99. The molecule has 0 spiro atoms. The van der Waals surface area contributed by atoms with E-state index in [2.05, 4.69) is 24.9 Å². The molecule has 0 radical (unpaired) electrons. The Balaban J connectivity index is 2.14. The predicted molar refractivity (Wildman–Crippen MR) is 76.5 cm³/mol. The van der Waals surface area contributed by atoms with Crippen LogP contribution in [-0.2, 0) is 5.88 Å². The first-order chi connectivity index (χ1) is 8.72. The van der Waals surface area contributed by atoms with Crippen molar-refractivity contribution in [2.75, 3.05) is 0 Å². The molecular weight excluding hydrogens is 266 g/mol. The Labute approximate surface area is 117 Å². The van der Waals surface area contributed by atoms with Crippen LogP contribution in [0.3, 0.4) is 0 Å². The van der Waals surface area contributed by atoms with Crippen LogP contribution in [0.25, 0.3) is 0 Å². The van der Waals surface area contributed by atoms with Crippen LogP contribution in [0.15, 0.2) is 29.6 Å². The van der Waals surface area contributed by atoms with Crippen molar-refractivity contribution in [3.05, 3.63) is 45.9 Å². The largest absolute Gasteiger partial charge is 0.483 e. The molecular formula is C14H16ClNOS. The van der Waals surface area contributed by atoms with E-state index < -0.39 is 0 Å². The highest BCUT2D eigenvalue weighted by Gasteiger charge is 2.15. The Bertz CT molecular complexity index is 512. The number of hydrogen-bond donors (Lipinski definition) is 0. The Morgan fingerprint density at radius 1 is 1.44 bits per heavy atom. The number of nitrogens with zero attached hydrogens (tertiary/aromatic N) is 1. The third-order valence-corrected chi connectivity index (χ3v) is 3.88. The van der Waals surface area contributed by atoms with Gasteiger partial charge in [0.2, 0.25) is 0 Å². The molecule has 1 heterocycles. The maximum absolute atomic E-state index is 5.99. The first-order valence-corrected chi connectivity index (χ1v) is 7.38. The molecule has 0 N–H and O–H groups in total. The third-order valence-electron chi connectivity index (χ3n) is 2.62. The number of aromatic nitrogens is 1. The van der Waals surface area contributed by atoms with Crippen molar-refractivity contribution in [1.29, 1.82) is 0 Å². The molecule has 0 bridgehead atoms. The van der Waals surface area contributed by atoms with E-state index in [1.165, 1.54) is 5.56 Å². The summed E-state index contributed by atoms with van der Waals surface area (Å²) in [5.41, 5.74) is 2.12. The van der Waals surface area contributed by atoms with Gasteiger partial charge in [0.15, 0.2) is 0 Å². The second kappa shape index (κ2) is 6.21. The van der Waals surface area contributed by atoms with Crippen molar-refractivity contribution >= 4 is 22.9 Å².